The average molecular weight is 379 g/mol. The van der Waals surface area contributed by atoms with Crippen molar-refractivity contribution in [3.8, 4) is 0 Å². The highest BCUT2D eigenvalue weighted by atomic mass is 79.9. The summed E-state index contributed by atoms with van der Waals surface area (Å²) in [5.74, 6) is -0.650. The topological polar surface area (TPSA) is 83.6 Å². The quantitative estimate of drug-likeness (QED) is 0.885. The van der Waals surface area contributed by atoms with Gasteiger partial charge in [0.1, 0.15) is 11.8 Å². The molecule has 1 atom stereocenters. The van der Waals surface area contributed by atoms with Gasteiger partial charge >= 0.3 is 5.97 Å². The summed E-state index contributed by atoms with van der Waals surface area (Å²) in [7, 11) is 0. The van der Waals surface area contributed by atoms with Crippen molar-refractivity contribution in [3.05, 3.63) is 51.3 Å². The van der Waals surface area contributed by atoms with E-state index in [1.165, 1.54) is 4.90 Å². The van der Waals surface area contributed by atoms with Gasteiger partial charge in [-0.3, -0.25) is 4.79 Å². The number of aryl methyl sites for hydroxylation is 1. The van der Waals surface area contributed by atoms with E-state index < -0.39 is 12.0 Å². The number of nitrogens with zero attached hydrogens (tertiary/aromatic N) is 2. The highest BCUT2D eigenvalue weighted by Gasteiger charge is 2.35. The fraction of sp³-hybridized carbons (Fsp3) is 0.312. The summed E-state index contributed by atoms with van der Waals surface area (Å²) in [5, 5.41) is 13.3. The summed E-state index contributed by atoms with van der Waals surface area (Å²) in [4.78, 5) is 25.6. The first-order chi connectivity index (χ1) is 11.0. The van der Waals surface area contributed by atoms with E-state index in [9.17, 15) is 14.7 Å². The lowest BCUT2D eigenvalue weighted by molar-refractivity contribution is -0.151. The molecule has 2 aromatic rings. The molecule has 1 aromatic carbocycles. The normalized spacial score (nSPS) is 17.0. The molecule has 3 rings (SSSR count). The van der Waals surface area contributed by atoms with Crippen LogP contribution in [0.4, 0.5) is 0 Å². The molecular formula is C16H15BrN2O4. The van der Waals surface area contributed by atoms with E-state index in [0.717, 1.165) is 15.6 Å². The van der Waals surface area contributed by atoms with Gasteiger partial charge in [0.25, 0.3) is 0 Å². The predicted molar refractivity (Wildman–Crippen MR) is 84.8 cm³/mol. The Bertz CT molecular complexity index is 771. The Hall–Kier alpha value is -2.15. The van der Waals surface area contributed by atoms with Crippen LogP contribution in [0.1, 0.15) is 22.6 Å². The van der Waals surface area contributed by atoms with Gasteiger partial charge in [0.15, 0.2) is 0 Å². The number of carboxylic acids is 1. The minimum atomic E-state index is -1.00. The summed E-state index contributed by atoms with van der Waals surface area (Å²) in [5.41, 5.74) is 2.42. The van der Waals surface area contributed by atoms with Crippen LogP contribution in [0.25, 0.3) is 0 Å². The predicted octanol–water partition coefficient (Wildman–Crippen LogP) is 2.33. The van der Waals surface area contributed by atoms with Crippen molar-refractivity contribution in [2.24, 2.45) is 0 Å². The van der Waals surface area contributed by atoms with Gasteiger partial charge in [0.2, 0.25) is 5.91 Å². The molecule has 6 nitrogen and oxygen atoms in total. The molecule has 0 radical (unpaired) electrons. The minimum absolute atomic E-state index is 0.0322. The Morgan fingerprint density at radius 3 is 2.91 bits per heavy atom. The summed E-state index contributed by atoms with van der Waals surface area (Å²) in [6.45, 7) is 2.02. The van der Waals surface area contributed by atoms with Gasteiger partial charge in [0.05, 0.1) is 12.1 Å². The van der Waals surface area contributed by atoms with Gasteiger partial charge in [-0.25, -0.2) is 4.79 Å². The van der Waals surface area contributed by atoms with Crippen molar-refractivity contribution in [2.45, 2.75) is 32.4 Å². The smallest absolute Gasteiger partial charge is 0.326 e. The van der Waals surface area contributed by atoms with E-state index in [1.54, 1.807) is 13.0 Å². The van der Waals surface area contributed by atoms with Crippen LogP contribution in [0.2, 0.25) is 0 Å². The first-order valence-corrected chi connectivity index (χ1v) is 7.95. The Morgan fingerprint density at radius 2 is 2.26 bits per heavy atom. The molecule has 0 saturated carbocycles. The van der Waals surface area contributed by atoms with Crippen molar-refractivity contribution in [3.63, 3.8) is 0 Å². The molecule has 0 saturated heterocycles. The van der Waals surface area contributed by atoms with Crippen molar-refractivity contribution in [2.75, 3.05) is 0 Å². The van der Waals surface area contributed by atoms with Gasteiger partial charge in [-0.05, 0) is 24.1 Å². The highest BCUT2D eigenvalue weighted by Crippen LogP contribution is 2.30. The maximum atomic E-state index is 12.6. The van der Waals surface area contributed by atoms with E-state index in [0.29, 0.717) is 11.5 Å². The molecule has 0 aliphatic carbocycles. The summed E-state index contributed by atoms with van der Waals surface area (Å²) in [6.07, 6.45) is 0.320. The van der Waals surface area contributed by atoms with Gasteiger partial charge in [-0.15, -0.1) is 0 Å². The maximum absolute atomic E-state index is 12.6. The molecule has 0 fully saturated rings. The molecule has 120 valence electrons. The molecule has 1 unspecified atom stereocenters. The fourth-order valence-corrected chi connectivity index (χ4v) is 3.39. The van der Waals surface area contributed by atoms with E-state index in [-0.39, 0.29) is 25.3 Å². The lowest BCUT2D eigenvalue weighted by Crippen LogP contribution is -2.49. The fourth-order valence-electron chi connectivity index (χ4n) is 2.82. The second-order valence-corrected chi connectivity index (χ2v) is 6.42. The summed E-state index contributed by atoms with van der Waals surface area (Å²) in [6, 6.07) is 6.49. The van der Waals surface area contributed by atoms with Gasteiger partial charge in [-0.1, -0.05) is 33.2 Å². The monoisotopic (exact) mass is 378 g/mol. The van der Waals surface area contributed by atoms with Crippen LogP contribution in [-0.4, -0.2) is 33.1 Å². The number of carboxylic acid groups (broad SMARTS) is 1. The number of hydrogen-bond acceptors (Lipinski definition) is 4. The number of benzene rings is 1. The van der Waals surface area contributed by atoms with Crippen LogP contribution >= 0.6 is 15.9 Å². The van der Waals surface area contributed by atoms with Crippen molar-refractivity contribution in [1.29, 1.82) is 0 Å². The number of amides is 1. The van der Waals surface area contributed by atoms with Gasteiger partial charge < -0.3 is 14.5 Å². The second kappa shape index (κ2) is 6.16. The number of carbonyl (C=O) groups excluding carboxylic acids is 1. The molecule has 0 spiro atoms. The van der Waals surface area contributed by atoms with Crippen LogP contribution < -0.4 is 0 Å². The third kappa shape index (κ3) is 3.14. The zero-order chi connectivity index (χ0) is 16.6. The lowest BCUT2D eigenvalue weighted by Gasteiger charge is -2.34. The molecule has 1 aliphatic rings. The average Bonchev–Trinajstić information content (AvgIpc) is 2.91. The number of aromatic nitrogens is 1. The molecule has 7 heteroatoms. The molecule has 0 bridgehead atoms. The molecule has 1 aliphatic heterocycles. The van der Waals surface area contributed by atoms with Gasteiger partial charge in [0, 0.05) is 23.5 Å². The van der Waals surface area contributed by atoms with Crippen LogP contribution in [0.3, 0.4) is 0 Å². The second-order valence-electron chi connectivity index (χ2n) is 5.56. The maximum Gasteiger partial charge on any atom is 0.326 e. The standard InChI is InChI=1S/C16H15BrN2O4/c1-9-5-11(18-23-9)6-15(20)19-8-10-3-2-4-13(17)12(10)7-14(19)16(21)22/h2-5,14H,6-8H2,1H3,(H,21,22). The van der Waals surface area contributed by atoms with Crippen LogP contribution in [0.15, 0.2) is 33.3 Å². The number of rotatable bonds is 3. The Morgan fingerprint density at radius 1 is 1.48 bits per heavy atom. The Balaban J connectivity index is 1.87. The number of carbonyl (C=O) groups is 2. The van der Waals surface area contributed by atoms with E-state index >= 15 is 0 Å². The zero-order valence-corrected chi connectivity index (χ0v) is 14.0. The zero-order valence-electron chi connectivity index (χ0n) is 12.5. The molecule has 1 N–H and O–H groups in total. The molecular weight excluding hydrogens is 364 g/mol. The highest BCUT2D eigenvalue weighted by molar-refractivity contribution is 9.10. The number of halogens is 1. The molecule has 23 heavy (non-hydrogen) atoms. The first-order valence-electron chi connectivity index (χ1n) is 7.16. The van der Waals surface area contributed by atoms with Crippen molar-refractivity contribution >= 4 is 27.8 Å². The largest absolute Gasteiger partial charge is 0.480 e. The lowest BCUT2D eigenvalue weighted by atomic mass is 9.93. The van der Waals surface area contributed by atoms with Crippen LogP contribution in [0, 0.1) is 6.92 Å². The van der Waals surface area contributed by atoms with Crippen LogP contribution in [-0.2, 0) is 29.0 Å². The number of fused-ring (bicyclic) bond motifs is 1. The van der Waals surface area contributed by atoms with Gasteiger partial charge in [-0.2, -0.15) is 0 Å². The third-order valence-electron chi connectivity index (χ3n) is 3.94. The third-order valence-corrected chi connectivity index (χ3v) is 4.69. The van der Waals surface area contributed by atoms with E-state index in [2.05, 4.69) is 21.1 Å². The van der Waals surface area contributed by atoms with Crippen molar-refractivity contribution in [1.82, 2.24) is 10.1 Å². The molecule has 2 heterocycles. The SMILES string of the molecule is Cc1cc(CC(=O)N2Cc3cccc(Br)c3CC2C(=O)O)no1. The molecule has 1 aromatic heterocycles. The Labute approximate surface area is 141 Å². The Kier molecular flexibility index (Phi) is 4.21. The van der Waals surface area contributed by atoms with E-state index in [4.69, 9.17) is 4.52 Å². The number of hydrogen-bond donors (Lipinski definition) is 1. The van der Waals surface area contributed by atoms with Crippen LogP contribution in [0.5, 0.6) is 0 Å². The van der Waals surface area contributed by atoms with Crippen molar-refractivity contribution < 1.29 is 19.2 Å². The van der Waals surface area contributed by atoms with E-state index in [1.807, 2.05) is 18.2 Å². The minimum Gasteiger partial charge on any atom is -0.480 e. The summed E-state index contributed by atoms with van der Waals surface area (Å²) < 4.78 is 5.83. The summed E-state index contributed by atoms with van der Waals surface area (Å²) >= 11 is 3.45. The molecule has 1 amide bonds. The number of aliphatic carboxylic acids is 1. The first kappa shape index (κ1) is 15.7.